The summed E-state index contributed by atoms with van der Waals surface area (Å²) in [6, 6.07) is 3.68. The number of pyridine rings is 1. The molecule has 0 aliphatic carbocycles. The largest absolute Gasteiger partial charge is 0.485 e. The highest BCUT2D eigenvalue weighted by atomic mass is 79.9. The molecule has 0 unspecified atom stereocenters. The Morgan fingerprint density at radius 2 is 2.11 bits per heavy atom. The highest BCUT2D eigenvalue weighted by Gasteiger charge is 2.12. The van der Waals surface area contributed by atoms with Gasteiger partial charge in [0.25, 0.3) is 0 Å². The van der Waals surface area contributed by atoms with Crippen molar-refractivity contribution >= 4 is 15.9 Å². The Balaban J connectivity index is 2.19. The quantitative estimate of drug-likeness (QED) is 0.936. The summed E-state index contributed by atoms with van der Waals surface area (Å²) < 4.78 is 8.45. The molecule has 2 aromatic rings. The molecule has 0 aromatic carbocycles. The van der Waals surface area contributed by atoms with Gasteiger partial charge in [-0.2, -0.15) is 5.10 Å². The third kappa shape index (κ3) is 2.96. The third-order valence-electron chi connectivity index (χ3n) is 2.85. The van der Waals surface area contributed by atoms with Gasteiger partial charge in [-0.05, 0) is 41.9 Å². The van der Waals surface area contributed by atoms with Gasteiger partial charge in [-0.15, -0.1) is 0 Å². The van der Waals surface area contributed by atoms with Crippen LogP contribution in [-0.4, -0.2) is 19.9 Å². The molecule has 2 heterocycles. The zero-order valence-corrected chi connectivity index (χ0v) is 12.7. The second-order valence-electron chi connectivity index (χ2n) is 4.31. The van der Waals surface area contributed by atoms with Crippen molar-refractivity contribution in [3.05, 3.63) is 39.4 Å². The van der Waals surface area contributed by atoms with Crippen LogP contribution in [0.4, 0.5) is 0 Å². The van der Waals surface area contributed by atoms with Gasteiger partial charge >= 0.3 is 0 Å². The predicted octanol–water partition coefficient (Wildman–Crippen LogP) is 2.27. The van der Waals surface area contributed by atoms with E-state index in [-0.39, 0.29) is 6.61 Å². The topological polar surface area (TPSA) is 60.2 Å². The van der Waals surface area contributed by atoms with E-state index in [1.54, 1.807) is 4.68 Å². The van der Waals surface area contributed by atoms with Gasteiger partial charge in [0.05, 0.1) is 22.5 Å². The minimum Gasteiger partial charge on any atom is -0.485 e. The van der Waals surface area contributed by atoms with Crippen molar-refractivity contribution in [3.8, 4) is 5.75 Å². The number of rotatable bonds is 4. The predicted molar refractivity (Wildman–Crippen MR) is 74.9 cm³/mol. The van der Waals surface area contributed by atoms with Crippen LogP contribution in [0.3, 0.4) is 0 Å². The zero-order valence-electron chi connectivity index (χ0n) is 11.1. The Bertz CT molecular complexity index is 596. The van der Waals surface area contributed by atoms with E-state index in [0.717, 1.165) is 21.6 Å². The number of halogens is 1. The summed E-state index contributed by atoms with van der Waals surface area (Å²) in [4.78, 5) is 4.24. The zero-order chi connectivity index (χ0) is 14.0. The first-order valence-corrected chi connectivity index (χ1v) is 6.70. The first-order chi connectivity index (χ1) is 9.02. The molecule has 0 bridgehead atoms. The molecule has 0 aliphatic heterocycles. The van der Waals surface area contributed by atoms with Crippen molar-refractivity contribution in [3.63, 3.8) is 0 Å². The van der Waals surface area contributed by atoms with Crippen LogP contribution in [0.25, 0.3) is 0 Å². The van der Waals surface area contributed by atoms with Crippen LogP contribution >= 0.6 is 15.9 Å². The number of hydrogen-bond acceptors (Lipinski definition) is 4. The fraction of sp³-hybridized carbons (Fsp3) is 0.385. The highest BCUT2D eigenvalue weighted by molar-refractivity contribution is 9.10. The SMILES string of the molecule is Cc1ccc(OCc2c(Br)c(C)nn2C)c(CO)n1. The Morgan fingerprint density at radius 1 is 1.37 bits per heavy atom. The molecule has 6 heteroatoms. The van der Waals surface area contributed by atoms with Gasteiger partial charge in [0, 0.05) is 12.7 Å². The molecule has 2 rings (SSSR count). The Labute approximate surface area is 120 Å². The Kier molecular flexibility index (Phi) is 4.21. The fourth-order valence-electron chi connectivity index (χ4n) is 1.83. The monoisotopic (exact) mass is 325 g/mol. The third-order valence-corrected chi connectivity index (χ3v) is 3.88. The average Bonchev–Trinajstić information content (AvgIpc) is 2.62. The van der Waals surface area contributed by atoms with Crippen molar-refractivity contribution in [1.29, 1.82) is 0 Å². The molecular formula is C13H16BrN3O2. The van der Waals surface area contributed by atoms with E-state index in [2.05, 4.69) is 26.0 Å². The normalized spacial score (nSPS) is 10.8. The lowest BCUT2D eigenvalue weighted by molar-refractivity contribution is 0.249. The summed E-state index contributed by atoms with van der Waals surface area (Å²) in [5, 5.41) is 13.6. The molecule has 0 radical (unpaired) electrons. The van der Waals surface area contributed by atoms with E-state index < -0.39 is 0 Å². The van der Waals surface area contributed by atoms with Crippen LogP contribution in [-0.2, 0) is 20.3 Å². The second kappa shape index (κ2) is 5.71. The molecule has 5 nitrogen and oxygen atoms in total. The van der Waals surface area contributed by atoms with Gasteiger partial charge in [0.1, 0.15) is 18.1 Å². The van der Waals surface area contributed by atoms with E-state index >= 15 is 0 Å². The average molecular weight is 326 g/mol. The van der Waals surface area contributed by atoms with E-state index in [0.29, 0.717) is 18.1 Å². The number of aromatic nitrogens is 3. The van der Waals surface area contributed by atoms with Crippen LogP contribution in [0, 0.1) is 13.8 Å². The molecule has 0 saturated carbocycles. The summed E-state index contributed by atoms with van der Waals surface area (Å²) in [6.07, 6.45) is 0. The smallest absolute Gasteiger partial charge is 0.143 e. The maximum absolute atomic E-state index is 9.28. The molecule has 0 aliphatic rings. The molecule has 0 saturated heterocycles. The fourth-order valence-corrected chi connectivity index (χ4v) is 2.28. The van der Waals surface area contributed by atoms with Crippen LogP contribution in [0.15, 0.2) is 16.6 Å². The molecular weight excluding hydrogens is 310 g/mol. The number of aryl methyl sites for hydroxylation is 3. The summed E-state index contributed by atoms with van der Waals surface area (Å²) in [5.41, 5.74) is 3.27. The lowest BCUT2D eigenvalue weighted by atomic mass is 10.3. The molecule has 0 amide bonds. The summed E-state index contributed by atoms with van der Waals surface area (Å²) >= 11 is 3.49. The van der Waals surface area contributed by atoms with Crippen molar-refractivity contribution < 1.29 is 9.84 Å². The van der Waals surface area contributed by atoms with E-state index in [1.807, 2.05) is 33.0 Å². The Morgan fingerprint density at radius 3 is 2.68 bits per heavy atom. The van der Waals surface area contributed by atoms with Gasteiger partial charge in [0.15, 0.2) is 0 Å². The van der Waals surface area contributed by atoms with Gasteiger partial charge in [-0.25, -0.2) is 0 Å². The minimum absolute atomic E-state index is 0.136. The first kappa shape index (κ1) is 14.0. The minimum atomic E-state index is -0.136. The van der Waals surface area contributed by atoms with Crippen molar-refractivity contribution in [2.75, 3.05) is 0 Å². The van der Waals surface area contributed by atoms with Crippen LogP contribution in [0.5, 0.6) is 5.75 Å². The molecule has 1 N–H and O–H groups in total. The Hall–Kier alpha value is -1.40. The first-order valence-electron chi connectivity index (χ1n) is 5.91. The van der Waals surface area contributed by atoms with Crippen LogP contribution in [0.1, 0.15) is 22.8 Å². The molecule has 0 spiro atoms. The second-order valence-corrected chi connectivity index (χ2v) is 5.11. The summed E-state index contributed by atoms with van der Waals surface area (Å²) in [7, 11) is 1.87. The van der Waals surface area contributed by atoms with Crippen LogP contribution in [0.2, 0.25) is 0 Å². The summed E-state index contributed by atoms with van der Waals surface area (Å²) in [5.74, 6) is 0.596. The maximum atomic E-state index is 9.28. The maximum Gasteiger partial charge on any atom is 0.143 e. The molecule has 0 atom stereocenters. The van der Waals surface area contributed by atoms with Crippen LogP contribution < -0.4 is 4.74 Å². The number of ether oxygens (including phenoxy) is 1. The summed E-state index contributed by atoms with van der Waals surface area (Å²) in [6.45, 7) is 4.04. The van der Waals surface area contributed by atoms with Crippen molar-refractivity contribution in [2.24, 2.45) is 7.05 Å². The van der Waals surface area contributed by atoms with Gasteiger partial charge < -0.3 is 9.84 Å². The highest BCUT2D eigenvalue weighted by Crippen LogP contribution is 2.23. The van der Waals surface area contributed by atoms with Crippen molar-refractivity contribution in [1.82, 2.24) is 14.8 Å². The van der Waals surface area contributed by atoms with E-state index in [9.17, 15) is 5.11 Å². The standard InChI is InChI=1S/C13H16BrN3O2/c1-8-4-5-12(10(6-18)15-8)19-7-11-13(14)9(2)16-17(11)3/h4-5,18H,6-7H2,1-3H3. The van der Waals surface area contributed by atoms with Crippen molar-refractivity contribution in [2.45, 2.75) is 27.1 Å². The van der Waals surface area contributed by atoms with Gasteiger partial charge in [0.2, 0.25) is 0 Å². The number of aliphatic hydroxyl groups excluding tert-OH is 1. The lowest BCUT2D eigenvalue weighted by Gasteiger charge is -2.10. The number of hydrogen-bond donors (Lipinski definition) is 1. The molecule has 2 aromatic heterocycles. The molecule has 102 valence electrons. The van der Waals surface area contributed by atoms with Gasteiger partial charge in [-0.3, -0.25) is 9.67 Å². The molecule has 19 heavy (non-hydrogen) atoms. The molecule has 0 fully saturated rings. The number of aliphatic hydroxyl groups is 1. The number of nitrogens with zero attached hydrogens (tertiary/aromatic N) is 3. The van der Waals surface area contributed by atoms with Gasteiger partial charge in [-0.1, -0.05) is 0 Å². The lowest BCUT2D eigenvalue weighted by Crippen LogP contribution is -2.06. The van der Waals surface area contributed by atoms with E-state index in [1.165, 1.54) is 0 Å². The van der Waals surface area contributed by atoms with E-state index in [4.69, 9.17) is 4.74 Å².